The van der Waals surface area contributed by atoms with E-state index in [-0.39, 0.29) is 0 Å². The van der Waals surface area contributed by atoms with E-state index in [1.807, 2.05) is 0 Å². The van der Waals surface area contributed by atoms with Crippen molar-refractivity contribution >= 4 is 28.9 Å². The van der Waals surface area contributed by atoms with E-state index >= 15 is 0 Å². The summed E-state index contributed by atoms with van der Waals surface area (Å²) in [5.41, 5.74) is 0. The highest BCUT2D eigenvalue weighted by Crippen LogP contribution is 2.28. The summed E-state index contributed by atoms with van der Waals surface area (Å²) >= 11 is 12.1. The lowest BCUT2D eigenvalue weighted by Gasteiger charge is -2.13. The third-order valence-corrected chi connectivity index (χ3v) is 6.03. The standard InChI is InChI=1S/C7H13Cl2NSi/c1-2-6-11(8,9)7-4-3-5-10/h2-4,6-7H2,1H3. The highest BCUT2D eigenvalue weighted by Gasteiger charge is 2.25. The first-order chi connectivity index (χ1) is 5.12. The molecule has 0 fully saturated rings. The van der Waals surface area contributed by atoms with Crippen molar-refractivity contribution in [3.8, 4) is 6.07 Å². The van der Waals surface area contributed by atoms with Crippen molar-refractivity contribution < 1.29 is 0 Å². The molecule has 0 radical (unpaired) electrons. The molecule has 11 heavy (non-hydrogen) atoms. The molecular weight excluding hydrogens is 197 g/mol. The number of halogens is 2. The van der Waals surface area contributed by atoms with Gasteiger partial charge in [-0.15, -0.1) is 22.2 Å². The lowest BCUT2D eigenvalue weighted by atomic mass is 10.4. The predicted molar refractivity (Wildman–Crippen MR) is 52.2 cm³/mol. The van der Waals surface area contributed by atoms with Crippen LogP contribution in [0.5, 0.6) is 0 Å². The zero-order chi connectivity index (χ0) is 8.74. The fourth-order valence-corrected chi connectivity index (χ4v) is 4.53. The first-order valence-corrected chi connectivity index (χ1v) is 8.31. The molecule has 0 atom stereocenters. The Hall–Kier alpha value is 0.287. The van der Waals surface area contributed by atoms with Crippen LogP contribution in [0.4, 0.5) is 0 Å². The van der Waals surface area contributed by atoms with E-state index in [1.54, 1.807) is 0 Å². The molecule has 0 aromatic heterocycles. The molecule has 4 heteroatoms. The molecular formula is C7H13Cl2NSi. The van der Waals surface area contributed by atoms with Crippen LogP contribution < -0.4 is 0 Å². The lowest BCUT2D eigenvalue weighted by molar-refractivity contribution is 0.940. The van der Waals surface area contributed by atoms with Crippen LogP contribution in [0.3, 0.4) is 0 Å². The predicted octanol–water partition coefficient (Wildman–Crippen LogP) is 3.62. The van der Waals surface area contributed by atoms with Gasteiger partial charge >= 0.3 is 0 Å². The number of nitrogens with zero attached hydrogens (tertiary/aromatic N) is 1. The molecule has 64 valence electrons. The Labute approximate surface area is 78.7 Å². The van der Waals surface area contributed by atoms with E-state index in [0.717, 1.165) is 24.9 Å². The molecule has 0 aliphatic heterocycles. The molecule has 0 saturated heterocycles. The van der Waals surface area contributed by atoms with E-state index in [0.29, 0.717) is 6.42 Å². The second kappa shape index (κ2) is 5.88. The Balaban J connectivity index is 3.48. The van der Waals surface area contributed by atoms with Gasteiger partial charge in [0, 0.05) is 6.42 Å². The summed E-state index contributed by atoms with van der Waals surface area (Å²) in [7, 11) is 0. The first kappa shape index (κ1) is 11.3. The fourth-order valence-electron chi connectivity index (χ4n) is 0.917. The summed E-state index contributed by atoms with van der Waals surface area (Å²) in [6, 6.07) is 3.89. The van der Waals surface area contributed by atoms with E-state index in [9.17, 15) is 0 Å². The minimum atomic E-state index is -1.95. The molecule has 0 unspecified atom stereocenters. The summed E-state index contributed by atoms with van der Waals surface area (Å²) in [6.07, 6.45) is 2.49. The van der Waals surface area contributed by atoms with Crippen LogP contribution in [-0.2, 0) is 0 Å². The molecule has 0 aliphatic carbocycles. The van der Waals surface area contributed by atoms with E-state index in [2.05, 4.69) is 13.0 Å². The zero-order valence-corrected chi connectivity index (χ0v) is 9.25. The van der Waals surface area contributed by atoms with Crippen LogP contribution in [0.2, 0.25) is 12.1 Å². The van der Waals surface area contributed by atoms with E-state index in [4.69, 9.17) is 27.4 Å². The van der Waals surface area contributed by atoms with Crippen LogP contribution in [0.15, 0.2) is 0 Å². The lowest BCUT2D eigenvalue weighted by Crippen LogP contribution is -2.17. The normalized spacial score (nSPS) is 11.1. The second-order valence-corrected chi connectivity index (χ2v) is 10.3. The van der Waals surface area contributed by atoms with Crippen molar-refractivity contribution in [3.63, 3.8) is 0 Å². The maximum atomic E-state index is 8.27. The smallest absolute Gasteiger partial charge is 0.198 e. The monoisotopic (exact) mass is 209 g/mol. The van der Waals surface area contributed by atoms with Gasteiger partial charge in [-0.1, -0.05) is 13.3 Å². The van der Waals surface area contributed by atoms with Crippen LogP contribution in [0.1, 0.15) is 26.2 Å². The molecule has 0 spiro atoms. The molecule has 0 N–H and O–H groups in total. The third kappa shape index (κ3) is 6.68. The number of unbranched alkanes of at least 4 members (excludes halogenated alkanes) is 1. The fraction of sp³-hybridized carbons (Fsp3) is 0.857. The number of nitriles is 1. The highest BCUT2D eigenvalue weighted by molar-refractivity contribution is 7.45. The van der Waals surface area contributed by atoms with Crippen molar-refractivity contribution in [2.75, 3.05) is 0 Å². The average molecular weight is 210 g/mol. The van der Waals surface area contributed by atoms with E-state index < -0.39 is 6.69 Å². The van der Waals surface area contributed by atoms with Gasteiger partial charge < -0.3 is 0 Å². The molecule has 0 saturated carbocycles. The topological polar surface area (TPSA) is 23.8 Å². The van der Waals surface area contributed by atoms with Gasteiger partial charge in [0.25, 0.3) is 6.69 Å². The van der Waals surface area contributed by atoms with Crippen LogP contribution in [0, 0.1) is 11.3 Å². The minimum absolute atomic E-state index is 0.581. The largest absolute Gasteiger partial charge is 0.251 e. The van der Waals surface area contributed by atoms with Gasteiger partial charge in [0.15, 0.2) is 0 Å². The van der Waals surface area contributed by atoms with Crippen molar-refractivity contribution in [1.82, 2.24) is 0 Å². The molecule has 0 rings (SSSR count). The maximum absolute atomic E-state index is 8.27. The van der Waals surface area contributed by atoms with Gasteiger partial charge in [0.2, 0.25) is 0 Å². The summed E-state index contributed by atoms with van der Waals surface area (Å²) in [4.78, 5) is 0. The highest BCUT2D eigenvalue weighted by atomic mass is 35.7. The van der Waals surface area contributed by atoms with Crippen molar-refractivity contribution in [1.29, 1.82) is 5.26 Å². The van der Waals surface area contributed by atoms with Crippen LogP contribution in [-0.4, -0.2) is 6.69 Å². The molecule has 0 aliphatic rings. The molecule has 1 nitrogen and oxygen atoms in total. The zero-order valence-electron chi connectivity index (χ0n) is 6.74. The number of hydrogen-bond acceptors (Lipinski definition) is 1. The Kier molecular flexibility index (Phi) is 6.03. The Morgan fingerprint density at radius 1 is 1.36 bits per heavy atom. The SMILES string of the molecule is CCC[Si](Cl)(Cl)CCCC#N. The third-order valence-electron chi connectivity index (χ3n) is 1.45. The van der Waals surface area contributed by atoms with Crippen molar-refractivity contribution in [3.05, 3.63) is 0 Å². The summed E-state index contributed by atoms with van der Waals surface area (Å²) in [5, 5.41) is 8.27. The summed E-state index contributed by atoms with van der Waals surface area (Å²) in [6.45, 7) is 0.133. The average Bonchev–Trinajstić information content (AvgIpc) is 1.87. The van der Waals surface area contributed by atoms with Gasteiger partial charge in [-0.25, -0.2) is 0 Å². The molecule has 0 aromatic carbocycles. The first-order valence-electron chi connectivity index (χ1n) is 3.87. The summed E-state index contributed by atoms with van der Waals surface area (Å²) < 4.78 is 0. The van der Waals surface area contributed by atoms with Gasteiger partial charge in [0.05, 0.1) is 6.07 Å². The van der Waals surface area contributed by atoms with Crippen LogP contribution >= 0.6 is 22.2 Å². The van der Waals surface area contributed by atoms with Gasteiger partial charge in [-0.2, -0.15) is 5.26 Å². The maximum Gasteiger partial charge on any atom is 0.251 e. The number of rotatable bonds is 5. The Morgan fingerprint density at radius 2 is 2.00 bits per heavy atom. The van der Waals surface area contributed by atoms with Crippen LogP contribution in [0.25, 0.3) is 0 Å². The molecule has 0 aromatic rings. The molecule has 0 bridgehead atoms. The molecule has 0 heterocycles. The Morgan fingerprint density at radius 3 is 2.45 bits per heavy atom. The van der Waals surface area contributed by atoms with Gasteiger partial charge in [0.1, 0.15) is 0 Å². The van der Waals surface area contributed by atoms with E-state index in [1.165, 1.54) is 0 Å². The van der Waals surface area contributed by atoms with Gasteiger partial charge in [-0.3, -0.25) is 0 Å². The Bertz CT molecular complexity index is 142. The number of hydrogen-bond donors (Lipinski definition) is 0. The van der Waals surface area contributed by atoms with Crippen molar-refractivity contribution in [2.45, 2.75) is 38.3 Å². The van der Waals surface area contributed by atoms with Crippen molar-refractivity contribution in [2.24, 2.45) is 0 Å². The van der Waals surface area contributed by atoms with Gasteiger partial charge in [-0.05, 0) is 18.5 Å². The summed E-state index contributed by atoms with van der Waals surface area (Å²) in [5.74, 6) is 0. The quantitative estimate of drug-likeness (QED) is 0.386. The second-order valence-electron chi connectivity index (χ2n) is 2.62. The minimum Gasteiger partial charge on any atom is -0.198 e. The molecule has 0 amide bonds.